The van der Waals surface area contributed by atoms with Gasteiger partial charge in [-0.05, 0) is 28.8 Å². The molecule has 2 nitrogen and oxygen atoms in total. The first kappa shape index (κ1) is 11.6. The summed E-state index contributed by atoms with van der Waals surface area (Å²) in [5.74, 6) is -1.40. The zero-order chi connectivity index (χ0) is 11.4. The highest BCUT2D eigenvalue weighted by molar-refractivity contribution is 5.91. The maximum atomic E-state index is 12.5. The molecule has 0 spiro atoms. The van der Waals surface area contributed by atoms with Crippen molar-refractivity contribution in [1.82, 2.24) is 0 Å². The van der Waals surface area contributed by atoms with Gasteiger partial charge in [0.25, 0.3) is 0 Å². The van der Waals surface area contributed by atoms with Crippen molar-refractivity contribution in [2.45, 2.75) is 20.0 Å². The zero-order valence-electron chi connectivity index (χ0n) is 7.77. The topological polar surface area (TPSA) is 37.3 Å². The number of hydrogen-bond acceptors (Lipinski definition) is 1. The Morgan fingerprint density at radius 3 is 1.80 bits per heavy atom. The van der Waals surface area contributed by atoms with E-state index in [0.29, 0.717) is 0 Å². The van der Waals surface area contributed by atoms with Crippen LogP contribution in [0.25, 0.3) is 0 Å². The lowest BCUT2D eigenvalue weighted by atomic mass is 9.99. The predicted octanol–water partition coefficient (Wildman–Crippen LogP) is 2.79. The third kappa shape index (κ3) is 2.29. The Morgan fingerprint density at radius 2 is 1.53 bits per heavy atom. The van der Waals surface area contributed by atoms with E-state index in [1.54, 1.807) is 0 Å². The molecular formula is C10H9F3O2. The number of benzene rings is 1. The average Bonchev–Trinajstić information content (AvgIpc) is 2.26. The fourth-order valence-corrected chi connectivity index (χ4v) is 1.40. The standard InChI is InChI=1S/C10H9F3O2/c11-3-6-1-7(4-12)9(10(14)15)8(2-6)5-13/h1-2H,3-5H2,(H,14,15). The molecule has 0 atom stereocenters. The number of aromatic carboxylic acids is 1. The van der Waals surface area contributed by atoms with Gasteiger partial charge in [0.2, 0.25) is 0 Å². The van der Waals surface area contributed by atoms with Gasteiger partial charge in [0.15, 0.2) is 0 Å². The third-order valence-corrected chi connectivity index (χ3v) is 2.02. The van der Waals surface area contributed by atoms with Crippen molar-refractivity contribution in [2.24, 2.45) is 0 Å². The summed E-state index contributed by atoms with van der Waals surface area (Å²) in [6.07, 6.45) is 0. The van der Waals surface area contributed by atoms with Gasteiger partial charge >= 0.3 is 5.97 Å². The van der Waals surface area contributed by atoms with E-state index in [0.717, 1.165) is 12.1 Å². The lowest BCUT2D eigenvalue weighted by Crippen LogP contribution is -2.07. The van der Waals surface area contributed by atoms with Crippen molar-refractivity contribution >= 4 is 5.97 Å². The normalized spacial score (nSPS) is 10.3. The molecule has 5 heteroatoms. The number of halogens is 3. The highest BCUT2D eigenvalue weighted by Crippen LogP contribution is 2.21. The number of rotatable bonds is 4. The average molecular weight is 218 g/mol. The minimum atomic E-state index is -1.40. The van der Waals surface area contributed by atoms with Crippen molar-refractivity contribution < 1.29 is 23.1 Å². The van der Waals surface area contributed by atoms with E-state index in [1.165, 1.54) is 0 Å². The molecule has 0 fully saturated rings. The maximum Gasteiger partial charge on any atom is 0.336 e. The Morgan fingerprint density at radius 1 is 1.07 bits per heavy atom. The third-order valence-electron chi connectivity index (χ3n) is 2.02. The summed E-state index contributed by atoms with van der Waals surface area (Å²) in [5, 5.41) is 8.75. The van der Waals surface area contributed by atoms with Crippen molar-refractivity contribution in [3.8, 4) is 0 Å². The van der Waals surface area contributed by atoms with Crippen LogP contribution in [0.1, 0.15) is 27.0 Å². The Bertz CT molecular complexity index is 352. The molecular weight excluding hydrogens is 209 g/mol. The van der Waals surface area contributed by atoms with Crippen LogP contribution in [0.15, 0.2) is 12.1 Å². The van der Waals surface area contributed by atoms with Crippen LogP contribution in [0, 0.1) is 0 Å². The van der Waals surface area contributed by atoms with E-state index < -0.39 is 31.6 Å². The van der Waals surface area contributed by atoms with Crippen LogP contribution >= 0.6 is 0 Å². The maximum absolute atomic E-state index is 12.5. The molecule has 1 N–H and O–H groups in total. The van der Waals surface area contributed by atoms with Crippen molar-refractivity contribution in [3.05, 3.63) is 34.4 Å². The quantitative estimate of drug-likeness (QED) is 0.843. The highest BCUT2D eigenvalue weighted by atomic mass is 19.1. The molecule has 0 aliphatic rings. The number of carboxylic acids is 1. The first-order valence-corrected chi connectivity index (χ1v) is 4.19. The summed E-state index contributed by atoms with van der Waals surface area (Å²) < 4.78 is 37.2. The van der Waals surface area contributed by atoms with E-state index >= 15 is 0 Å². The molecule has 0 unspecified atom stereocenters. The van der Waals surface area contributed by atoms with Crippen molar-refractivity contribution in [2.75, 3.05) is 0 Å². The van der Waals surface area contributed by atoms with Gasteiger partial charge in [-0.1, -0.05) is 0 Å². The monoisotopic (exact) mass is 218 g/mol. The van der Waals surface area contributed by atoms with Crippen LogP contribution in [0.2, 0.25) is 0 Å². The fourth-order valence-electron chi connectivity index (χ4n) is 1.40. The number of carboxylic acid groups (broad SMARTS) is 1. The first-order valence-electron chi connectivity index (χ1n) is 4.19. The fraction of sp³-hybridized carbons (Fsp3) is 0.300. The lowest BCUT2D eigenvalue weighted by Gasteiger charge is -2.08. The number of carbonyl (C=O) groups is 1. The van der Waals surface area contributed by atoms with Crippen molar-refractivity contribution in [1.29, 1.82) is 0 Å². The molecule has 0 radical (unpaired) electrons. The van der Waals surface area contributed by atoms with Gasteiger partial charge in [-0.15, -0.1) is 0 Å². The van der Waals surface area contributed by atoms with Gasteiger partial charge in [0, 0.05) is 0 Å². The van der Waals surface area contributed by atoms with Crippen LogP contribution in [0.3, 0.4) is 0 Å². The number of alkyl halides is 3. The van der Waals surface area contributed by atoms with Gasteiger partial charge in [0.05, 0.1) is 5.56 Å². The molecule has 1 aromatic carbocycles. The molecule has 82 valence electrons. The molecule has 0 heterocycles. The Kier molecular flexibility index (Phi) is 3.71. The van der Waals surface area contributed by atoms with E-state index in [4.69, 9.17) is 5.11 Å². The Hall–Kier alpha value is -1.52. The van der Waals surface area contributed by atoms with E-state index in [-0.39, 0.29) is 16.7 Å². The van der Waals surface area contributed by atoms with Gasteiger partial charge in [0.1, 0.15) is 20.0 Å². The molecule has 0 aliphatic carbocycles. The molecule has 1 rings (SSSR count). The molecule has 0 amide bonds. The predicted molar refractivity (Wildman–Crippen MR) is 47.8 cm³/mol. The second kappa shape index (κ2) is 4.82. The minimum Gasteiger partial charge on any atom is -0.478 e. The van der Waals surface area contributed by atoms with Crippen LogP contribution in [0.5, 0.6) is 0 Å². The Labute approximate surface area is 84.3 Å². The van der Waals surface area contributed by atoms with Crippen molar-refractivity contribution in [3.63, 3.8) is 0 Å². The van der Waals surface area contributed by atoms with E-state index in [2.05, 4.69) is 0 Å². The molecule has 15 heavy (non-hydrogen) atoms. The van der Waals surface area contributed by atoms with Crippen LogP contribution < -0.4 is 0 Å². The van der Waals surface area contributed by atoms with E-state index in [1.807, 2.05) is 0 Å². The van der Waals surface area contributed by atoms with Gasteiger partial charge in [-0.25, -0.2) is 18.0 Å². The van der Waals surface area contributed by atoms with Gasteiger partial charge in [-0.2, -0.15) is 0 Å². The summed E-state index contributed by atoms with van der Waals surface area (Å²) in [6, 6.07) is 2.20. The summed E-state index contributed by atoms with van der Waals surface area (Å²) >= 11 is 0. The van der Waals surface area contributed by atoms with Gasteiger partial charge < -0.3 is 5.11 Å². The molecule has 1 aromatic rings. The summed E-state index contributed by atoms with van der Waals surface area (Å²) in [4.78, 5) is 10.7. The Balaban J connectivity index is 3.39. The molecule has 0 aliphatic heterocycles. The molecule has 0 aromatic heterocycles. The SMILES string of the molecule is O=C(O)c1c(CF)cc(CF)cc1CF. The van der Waals surface area contributed by atoms with Crippen LogP contribution in [0.4, 0.5) is 13.2 Å². The summed E-state index contributed by atoms with van der Waals surface area (Å²) in [5.41, 5.74) is -0.701. The second-order valence-corrected chi connectivity index (χ2v) is 3.00. The highest BCUT2D eigenvalue weighted by Gasteiger charge is 2.16. The largest absolute Gasteiger partial charge is 0.478 e. The molecule has 0 saturated heterocycles. The van der Waals surface area contributed by atoms with E-state index in [9.17, 15) is 18.0 Å². The molecule has 0 saturated carbocycles. The second-order valence-electron chi connectivity index (χ2n) is 3.00. The summed E-state index contributed by atoms with van der Waals surface area (Å²) in [6.45, 7) is -2.98. The smallest absolute Gasteiger partial charge is 0.336 e. The molecule has 0 bridgehead atoms. The van der Waals surface area contributed by atoms with Crippen LogP contribution in [-0.4, -0.2) is 11.1 Å². The van der Waals surface area contributed by atoms with Gasteiger partial charge in [-0.3, -0.25) is 0 Å². The first-order chi connectivity index (χ1) is 7.13. The summed E-state index contributed by atoms with van der Waals surface area (Å²) in [7, 11) is 0. The number of hydrogen-bond donors (Lipinski definition) is 1. The zero-order valence-corrected chi connectivity index (χ0v) is 7.77. The minimum absolute atomic E-state index is 0.0836. The lowest BCUT2D eigenvalue weighted by molar-refractivity contribution is 0.0692. The van der Waals surface area contributed by atoms with Crippen LogP contribution in [-0.2, 0) is 20.0 Å².